The number of rotatable bonds is 5. The van der Waals surface area contributed by atoms with E-state index in [1.807, 2.05) is 12.1 Å². The average molecular weight is 300 g/mol. The molecule has 0 radical (unpaired) electrons. The zero-order valence-corrected chi connectivity index (χ0v) is 13.0. The van der Waals surface area contributed by atoms with Gasteiger partial charge in [0.15, 0.2) is 0 Å². The molecule has 0 saturated carbocycles. The van der Waals surface area contributed by atoms with E-state index in [-0.39, 0.29) is 0 Å². The molecule has 0 aliphatic carbocycles. The Kier molecular flexibility index (Phi) is 4.50. The Morgan fingerprint density at radius 2 is 1.91 bits per heavy atom. The third-order valence-electron chi connectivity index (χ3n) is 4.40. The van der Waals surface area contributed by atoms with Gasteiger partial charge in [-0.05, 0) is 44.0 Å². The van der Waals surface area contributed by atoms with Crippen molar-refractivity contribution >= 4 is 5.69 Å². The van der Waals surface area contributed by atoms with Gasteiger partial charge in [-0.15, -0.1) is 0 Å². The van der Waals surface area contributed by atoms with Gasteiger partial charge < -0.3 is 19.7 Å². The summed E-state index contributed by atoms with van der Waals surface area (Å²) in [6.45, 7) is 4.39. The Bertz CT molecular complexity index is 558. The van der Waals surface area contributed by atoms with E-state index in [1.54, 1.807) is 13.2 Å². The zero-order chi connectivity index (χ0) is 15.4. The van der Waals surface area contributed by atoms with Gasteiger partial charge in [0.1, 0.15) is 11.4 Å². The minimum atomic E-state index is -0.958. The molecule has 2 aromatic rings. The van der Waals surface area contributed by atoms with Crippen molar-refractivity contribution in [1.82, 2.24) is 5.32 Å². The molecule has 2 heterocycles. The molecule has 1 aromatic carbocycles. The summed E-state index contributed by atoms with van der Waals surface area (Å²) in [5.74, 6) is 0.613. The van der Waals surface area contributed by atoms with Gasteiger partial charge in [0.25, 0.3) is 0 Å². The first-order chi connectivity index (χ1) is 10.6. The van der Waals surface area contributed by atoms with Gasteiger partial charge in [0.05, 0.1) is 6.26 Å². The van der Waals surface area contributed by atoms with Crippen LogP contribution >= 0.6 is 0 Å². The van der Waals surface area contributed by atoms with Crippen molar-refractivity contribution in [2.45, 2.75) is 31.4 Å². The number of anilines is 1. The fraction of sp³-hybridized carbons (Fsp3) is 0.444. The van der Waals surface area contributed by atoms with Crippen LogP contribution < -0.4 is 10.2 Å². The predicted molar refractivity (Wildman–Crippen MR) is 88.0 cm³/mol. The van der Waals surface area contributed by atoms with Gasteiger partial charge in [-0.2, -0.15) is 0 Å². The lowest BCUT2D eigenvalue weighted by Crippen LogP contribution is -2.46. The number of furan rings is 1. The molecule has 4 heteroatoms. The van der Waals surface area contributed by atoms with E-state index in [9.17, 15) is 5.11 Å². The van der Waals surface area contributed by atoms with Crippen molar-refractivity contribution in [2.75, 3.05) is 24.5 Å². The number of nitrogens with one attached hydrogen (secondary N) is 1. The fourth-order valence-electron chi connectivity index (χ4n) is 3.00. The smallest absolute Gasteiger partial charge is 0.136 e. The van der Waals surface area contributed by atoms with Gasteiger partial charge in [-0.3, -0.25) is 0 Å². The van der Waals surface area contributed by atoms with Gasteiger partial charge in [-0.1, -0.05) is 18.2 Å². The molecule has 0 unspecified atom stereocenters. The largest absolute Gasteiger partial charge is 0.466 e. The number of para-hydroxylation sites is 1. The fourth-order valence-corrected chi connectivity index (χ4v) is 3.00. The highest BCUT2D eigenvalue weighted by Gasteiger charge is 2.28. The predicted octanol–water partition coefficient (Wildman–Crippen LogP) is 2.75. The first kappa shape index (κ1) is 15.1. The van der Waals surface area contributed by atoms with Crippen molar-refractivity contribution in [3.63, 3.8) is 0 Å². The Balaban J connectivity index is 1.48. The molecule has 4 nitrogen and oxygen atoms in total. The summed E-state index contributed by atoms with van der Waals surface area (Å²) in [5, 5.41) is 14.0. The van der Waals surface area contributed by atoms with E-state index >= 15 is 0 Å². The second-order valence-electron chi connectivity index (χ2n) is 6.23. The van der Waals surface area contributed by atoms with Gasteiger partial charge in [-0.25, -0.2) is 0 Å². The normalized spacial score (nSPS) is 19.1. The average Bonchev–Trinajstić information content (AvgIpc) is 3.10. The Hall–Kier alpha value is -1.78. The van der Waals surface area contributed by atoms with E-state index < -0.39 is 5.60 Å². The summed E-state index contributed by atoms with van der Waals surface area (Å²) < 4.78 is 5.31. The Morgan fingerprint density at radius 3 is 2.55 bits per heavy atom. The molecule has 1 saturated heterocycles. The van der Waals surface area contributed by atoms with Crippen LogP contribution in [-0.2, 0) is 5.60 Å². The standard InChI is InChI=1S/C18H24N2O2/c1-18(21,17-8-5-13-22-17)14-19-15-9-11-20(12-10-15)16-6-3-2-4-7-16/h2-8,13,15,19,21H,9-12,14H2,1H3/t18-/m0/s1. The summed E-state index contributed by atoms with van der Waals surface area (Å²) in [6, 6.07) is 14.6. The van der Waals surface area contributed by atoms with Crippen LogP contribution in [0.3, 0.4) is 0 Å². The van der Waals surface area contributed by atoms with E-state index in [2.05, 4.69) is 40.5 Å². The highest BCUT2D eigenvalue weighted by atomic mass is 16.4. The molecule has 1 atom stereocenters. The number of piperidine rings is 1. The van der Waals surface area contributed by atoms with Gasteiger partial charge >= 0.3 is 0 Å². The molecule has 1 aliphatic rings. The number of hydrogen-bond donors (Lipinski definition) is 2. The second-order valence-corrected chi connectivity index (χ2v) is 6.23. The minimum absolute atomic E-state index is 0.446. The quantitative estimate of drug-likeness (QED) is 0.891. The number of benzene rings is 1. The summed E-state index contributed by atoms with van der Waals surface area (Å²) >= 11 is 0. The molecule has 0 spiro atoms. The zero-order valence-electron chi connectivity index (χ0n) is 13.0. The van der Waals surface area contributed by atoms with Crippen LogP contribution in [0.1, 0.15) is 25.5 Å². The topological polar surface area (TPSA) is 48.6 Å². The van der Waals surface area contributed by atoms with E-state index in [4.69, 9.17) is 4.42 Å². The number of aliphatic hydroxyl groups is 1. The summed E-state index contributed by atoms with van der Waals surface area (Å²) in [7, 11) is 0. The minimum Gasteiger partial charge on any atom is -0.466 e. The Morgan fingerprint density at radius 1 is 1.18 bits per heavy atom. The first-order valence-electron chi connectivity index (χ1n) is 7.95. The molecular formula is C18H24N2O2. The monoisotopic (exact) mass is 300 g/mol. The number of hydrogen-bond acceptors (Lipinski definition) is 4. The first-order valence-corrected chi connectivity index (χ1v) is 7.95. The third-order valence-corrected chi connectivity index (χ3v) is 4.40. The highest BCUT2D eigenvalue weighted by molar-refractivity contribution is 5.46. The Labute approximate surface area is 131 Å². The highest BCUT2D eigenvalue weighted by Crippen LogP contribution is 2.22. The van der Waals surface area contributed by atoms with Gasteiger partial charge in [0, 0.05) is 31.4 Å². The molecule has 3 rings (SSSR count). The lowest BCUT2D eigenvalue weighted by molar-refractivity contribution is 0.0308. The van der Waals surface area contributed by atoms with Gasteiger partial charge in [0.2, 0.25) is 0 Å². The SMILES string of the molecule is C[C@](O)(CNC1CCN(c2ccccc2)CC1)c1ccco1. The molecule has 0 amide bonds. The van der Waals surface area contributed by atoms with Crippen LogP contribution in [0.4, 0.5) is 5.69 Å². The second kappa shape index (κ2) is 6.55. The maximum atomic E-state index is 10.5. The summed E-state index contributed by atoms with van der Waals surface area (Å²) in [5.41, 5.74) is 0.337. The van der Waals surface area contributed by atoms with Crippen LogP contribution in [0.5, 0.6) is 0 Å². The van der Waals surface area contributed by atoms with E-state index in [0.29, 0.717) is 18.3 Å². The van der Waals surface area contributed by atoms with Crippen LogP contribution in [0.25, 0.3) is 0 Å². The van der Waals surface area contributed by atoms with Crippen LogP contribution in [0, 0.1) is 0 Å². The molecule has 118 valence electrons. The van der Waals surface area contributed by atoms with E-state index in [1.165, 1.54) is 5.69 Å². The van der Waals surface area contributed by atoms with E-state index in [0.717, 1.165) is 25.9 Å². The summed E-state index contributed by atoms with van der Waals surface area (Å²) in [6.07, 6.45) is 3.77. The third kappa shape index (κ3) is 3.51. The maximum Gasteiger partial charge on any atom is 0.136 e. The lowest BCUT2D eigenvalue weighted by Gasteiger charge is -2.35. The molecule has 1 aromatic heterocycles. The van der Waals surface area contributed by atoms with Crippen LogP contribution in [-0.4, -0.2) is 30.8 Å². The molecule has 1 fully saturated rings. The lowest BCUT2D eigenvalue weighted by atomic mass is 10.00. The van der Waals surface area contributed by atoms with Crippen molar-refractivity contribution in [2.24, 2.45) is 0 Å². The van der Waals surface area contributed by atoms with Crippen molar-refractivity contribution in [1.29, 1.82) is 0 Å². The van der Waals surface area contributed by atoms with Crippen molar-refractivity contribution in [3.8, 4) is 0 Å². The molecular weight excluding hydrogens is 276 g/mol. The molecule has 2 N–H and O–H groups in total. The summed E-state index contributed by atoms with van der Waals surface area (Å²) in [4.78, 5) is 2.42. The molecule has 22 heavy (non-hydrogen) atoms. The van der Waals surface area contributed by atoms with Crippen molar-refractivity contribution in [3.05, 3.63) is 54.5 Å². The molecule has 1 aliphatic heterocycles. The van der Waals surface area contributed by atoms with Crippen LogP contribution in [0.2, 0.25) is 0 Å². The number of nitrogens with zero attached hydrogens (tertiary/aromatic N) is 1. The molecule has 0 bridgehead atoms. The van der Waals surface area contributed by atoms with Crippen molar-refractivity contribution < 1.29 is 9.52 Å². The maximum absolute atomic E-state index is 10.5. The van der Waals surface area contributed by atoms with Crippen LogP contribution in [0.15, 0.2) is 53.1 Å².